The number of rotatable bonds is 5. The van der Waals surface area contributed by atoms with Crippen molar-refractivity contribution in [3.8, 4) is 0 Å². The average molecular weight is 335 g/mol. The standard InChI is InChI=1S/C13H22N2O2S3/c1-9-8-19-12(7-14)13(9)20(16,17)15-10-3-5-11(18-2)6-4-10/h8,10-11,15H,3-7,14H2,1-2H3. The molecule has 0 spiro atoms. The highest BCUT2D eigenvalue weighted by Crippen LogP contribution is 2.30. The smallest absolute Gasteiger partial charge is 0.242 e. The van der Waals surface area contributed by atoms with E-state index in [0.29, 0.717) is 10.1 Å². The van der Waals surface area contributed by atoms with Crippen molar-refractivity contribution in [1.29, 1.82) is 0 Å². The summed E-state index contributed by atoms with van der Waals surface area (Å²) in [4.78, 5) is 1.14. The minimum absolute atomic E-state index is 0.0633. The Labute approximate surface area is 129 Å². The molecule has 0 aromatic carbocycles. The molecule has 0 saturated heterocycles. The molecule has 0 bridgehead atoms. The number of thioether (sulfide) groups is 1. The van der Waals surface area contributed by atoms with Gasteiger partial charge in [0.1, 0.15) is 4.90 Å². The lowest BCUT2D eigenvalue weighted by Gasteiger charge is -2.28. The molecule has 7 heteroatoms. The van der Waals surface area contributed by atoms with E-state index in [4.69, 9.17) is 5.73 Å². The summed E-state index contributed by atoms with van der Waals surface area (Å²) in [7, 11) is -3.44. The van der Waals surface area contributed by atoms with Crippen LogP contribution < -0.4 is 10.5 Å². The van der Waals surface area contributed by atoms with Gasteiger partial charge in [-0.1, -0.05) is 0 Å². The van der Waals surface area contributed by atoms with E-state index in [0.717, 1.165) is 36.1 Å². The predicted octanol–water partition coefficient (Wildman–Crippen LogP) is 2.47. The highest BCUT2D eigenvalue weighted by molar-refractivity contribution is 7.99. The molecule has 1 aliphatic carbocycles. The Morgan fingerprint density at radius 3 is 2.60 bits per heavy atom. The molecule has 4 nitrogen and oxygen atoms in total. The van der Waals surface area contributed by atoms with E-state index in [1.807, 2.05) is 24.1 Å². The Morgan fingerprint density at radius 2 is 2.05 bits per heavy atom. The second-order valence-corrected chi connectivity index (χ2v) is 8.96. The highest BCUT2D eigenvalue weighted by atomic mass is 32.2. The number of hydrogen-bond donors (Lipinski definition) is 2. The van der Waals surface area contributed by atoms with Crippen LogP contribution in [0.3, 0.4) is 0 Å². The lowest BCUT2D eigenvalue weighted by atomic mass is 9.96. The van der Waals surface area contributed by atoms with E-state index in [1.165, 1.54) is 11.3 Å². The number of sulfonamides is 1. The molecule has 0 amide bonds. The number of thiophene rings is 1. The zero-order valence-electron chi connectivity index (χ0n) is 11.9. The molecule has 1 saturated carbocycles. The van der Waals surface area contributed by atoms with Crippen molar-refractivity contribution in [1.82, 2.24) is 4.72 Å². The maximum atomic E-state index is 12.5. The fourth-order valence-corrected chi connectivity index (χ4v) is 6.43. The summed E-state index contributed by atoms with van der Waals surface area (Å²) in [6.07, 6.45) is 6.14. The van der Waals surface area contributed by atoms with Gasteiger partial charge in [-0.25, -0.2) is 13.1 Å². The first-order chi connectivity index (χ1) is 9.47. The highest BCUT2D eigenvalue weighted by Gasteiger charge is 2.28. The summed E-state index contributed by atoms with van der Waals surface area (Å²) in [6.45, 7) is 2.10. The minimum Gasteiger partial charge on any atom is -0.326 e. The van der Waals surface area contributed by atoms with Gasteiger partial charge in [0.25, 0.3) is 0 Å². The Morgan fingerprint density at radius 1 is 1.40 bits per heavy atom. The third-order valence-corrected chi connectivity index (χ3v) is 7.92. The summed E-state index contributed by atoms with van der Waals surface area (Å²) in [6, 6.07) is 0.0633. The second kappa shape index (κ2) is 6.79. The van der Waals surface area contributed by atoms with Gasteiger partial charge in [0, 0.05) is 22.7 Å². The summed E-state index contributed by atoms with van der Waals surface area (Å²) in [5.74, 6) is 0. The van der Waals surface area contributed by atoms with Gasteiger partial charge in [0.15, 0.2) is 0 Å². The maximum absolute atomic E-state index is 12.5. The van der Waals surface area contributed by atoms with Gasteiger partial charge in [0.2, 0.25) is 10.0 Å². The summed E-state index contributed by atoms with van der Waals surface area (Å²) < 4.78 is 28.0. The van der Waals surface area contributed by atoms with Gasteiger partial charge in [-0.2, -0.15) is 11.8 Å². The van der Waals surface area contributed by atoms with Gasteiger partial charge < -0.3 is 5.73 Å². The third-order valence-electron chi connectivity index (χ3n) is 3.77. The first-order valence-corrected chi connectivity index (χ1v) is 10.4. The summed E-state index contributed by atoms with van der Waals surface area (Å²) in [5.41, 5.74) is 6.44. The van der Waals surface area contributed by atoms with E-state index in [2.05, 4.69) is 11.0 Å². The Kier molecular flexibility index (Phi) is 5.53. The van der Waals surface area contributed by atoms with Crippen molar-refractivity contribution < 1.29 is 8.42 Å². The zero-order valence-corrected chi connectivity index (χ0v) is 14.3. The number of nitrogens with two attached hydrogens (primary N) is 1. The fraction of sp³-hybridized carbons (Fsp3) is 0.692. The van der Waals surface area contributed by atoms with Crippen molar-refractivity contribution in [3.63, 3.8) is 0 Å². The van der Waals surface area contributed by atoms with Crippen molar-refractivity contribution in [2.24, 2.45) is 5.73 Å². The van der Waals surface area contributed by atoms with Crippen LogP contribution in [0.15, 0.2) is 10.3 Å². The molecule has 0 atom stereocenters. The van der Waals surface area contributed by atoms with Gasteiger partial charge in [-0.3, -0.25) is 0 Å². The average Bonchev–Trinajstić information content (AvgIpc) is 2.81. The summed E-state index contributed by atoms with van der Waals surface area (Å²) in [5, 5.41) is 2.54. The Hall–Kier alpha value is -0.0800. The van der Waals surface area contributed by atoms with Crippen LogP contribution in [0.2, 0.25) is 0 Å². The molecule has 0 radical (unpaired) electrons. The first-order valence-electron chi connectivity index (χ1n) is 6.80. The largest absolute Gasteiger partial charge is 0.326 e. The number of hydrogen-bond acceptors (Lipinski definition) is 5. The fourth-order valence-electron chi connectivity index (χ4n) is 2.68. The van der Waals surface area contributed by atoms with E-state index >= 15 is 0 Å². The molecule has 1 aromatic heterocycles. The first kappa shape index (κ1) is 16.3. The van der Waals surface area contributed by atoms with Crippen LogP contribution in [-0.4, -0.2) is 26.0 Å². The topological polar surface area (TPSA) is 72.2 Å². The number of nitrogens with one attached hydrogen (secondary N) is 1. The van der Waals surface area contributed by atoms with Gasteiger partial charge >= 0.3 is 0 Å². The van der Waals surface area contributed by atoms with E-state index in [1.54, 1.807) is 0 Å². The van der Waals surface area contributed by atoms with Crippen molar-refractivity contribution >= 4 is 33.1 Å². The van der Waals surface area contributed by atoms with E-state index in [-0.39, 0.29) is 12.6 Å². The van der Waals surface area contributed by atoms with Gasteiger partial charge in [-0.05, 0) is 49.8 Å². The molecule has 2 rings (SSSR count). The number of aryl methyl sites for hydroxylation is 1. The molecular weight excluding hydrogens is 312 g/mol. The monoisotopic (exact) mass is 334 g/mol. The normalized spacial score (nSPS) is 23.9. The van der Waals surface area contributed by atoms with E-state index < -0.39 is 10.0 Å². The zero-order chi connectivity index (χ0) is 14.8. The van der Waals surface area contributed by atoms with Crippen LogP contribution in [0.1, 0.15) is 36.1 Å². The van der Waals surface area contributed by atoms with E-state index in [9.17, 15) is 8.42 Å². The van der Waals surface area contributed by atoms with Gasteiger partial charge in [-0.15, -0.1) is 11.3 Å². The molecule has 1 heterocycles. The molecule has 0 aliphatic heterocycles. The maximum Gasteiger partial charge on any atom is 0.242 e. The van der Waals surface area contributed by atoms with Crippen molar-refractivity contribution in [2.45, 2.75) is 55.3 Å². The van der Waals surface area contributed by atoms with Crippen LogP contribution in [0.4, 0.5) is 0 Å². The van der Waals surface area contributed by atoms with Crippen LogP contribution in [0, 0.1) is 6.92 Å². The lowest BCUT2D eigenvalue weighted by molar-refractivity contribution is 0.420. The van der Waals surface area contributed by atoms with Crippen LogP contribution in [0.5, 0.6) is 0 Å². The molecule has 3 N–H and O–H groups in total. The molecular formula is C13H22N2O2S3. The third kappa shape index (κ3) is 3.57. The Balaban J connectivity index is 2.10. The molecule has 1 aromatic rings. The second-order valence-electron chi connectivity index (χ2n) is 5.21. The van der Waals surface area contributed by atoms with Crippen LogP contribution in [0.25, 0.3) is 0 Å². The molecule has 114 valence electrons. The predicted molar refractivity (Wildman–Crippen MR) is 86.8 cm³/mol. The molecule has 1 fully saturated rings. The Bertz CT molecular complexity index is 546. The van der Waals surface area contributed by atoms with Crippen molar-refractivity contribution in [2.75, 3.05) is 6.26 Å². The molecule has 0 unspecified atom stereocenters. The quantitative estimate of drug-likeness (QED) is 0.867. The lowest BCUT2D eigenvalue weighted by Crippen LogP contribution is -2.38. The molecule has 1 aliphatic rings. The summed E-state index contributed by atoms with van der Waals surface area (Å²) >= 11 is 3.30. The van der Waals surface area contributed by atoms with Gasteiger partial charge in [0.05, 0.1) is 0 Å². The minimum atomic E-state index is -3.44. The van der Waals surface area contributed by atoms with Crippen molar-refractivity contribution in [3.05, 3.63) is 15.8 Å². The SMILES string of the molecule is CSC1CCC(NS(=O)(=O)c2c(C)csc2CN)CC1. The molecule has 20 heavy (non-hydrogen) atoms. The van der Waals surface area contributed by atoms with Crippen LogP contribution in [-0.2, 0) is 16.6 Å². The van der Waals surface area contributed by atoms with Crippen LogP contribution >= 0.6 is 23.1 Å².